The second-order valence-corrected chi connectivity index (χ2v) is 3.29. The van der Waals surface area contributed by atoms with Gasteiger partial charge in [0.2, 0.25) is 0 Å². The molecule has 1 atom stereocenters. The van der Waals surface area contributed by atoms with Gasteiger partial charge < -0.3 is 15.6 Å². The first-order chi connectivity index (χ1) is 7.77. The van der Waals surface area contributed by atoms with Crippen LogP contribution in [0.2, 0.25) is 0 Å². The van der Waals surface area contributed by atoms with E-state index in [4.69, 9.17) is 5.73 Å². The number of phenolic OH excluding ortho intramolecular Hbond substituents is 1. The van der Waals surface area contributed by atoms with Gasteiger partial charge in [-0.15, -0.1) is 0 Å². The molecule has 3 N–H and O–H groups in total. The summed E-state index contributed by atoms with van der Waals surface area (Å²) >= 11 is 0. The molecule has 0 aliphatic carbocycles. The molecular weight excluding hydrogens is 239 g/mol. The number of ether oxygens (including phenoxy) is 1. The average Bonchev–Trinajstić information content (AvgIpc) is 2.26. The van der Waals surface area contributed by atoms with E-state index in [0.29, 0.717) is 0 Å². The third-order valence-electron chi connectivity index (χ3n) is 2.14. The SMILES string of the molecule is COC(=O)c1cc(C(N)C(F)(F)F)ccc1O. The Kier molecular flexibility index (Phi) is 3.62. The average molecular weight is 249 g/mol. The fraction of sp³-hybridized carbons (Fsp3) is 0.300. The number of rotatable bonds is 2. The molecule has 0 aliphatic heterocycles. The van der Waals surface area contributed by atoms with Gasteiger partial charge in [-0.2, -0.15) is 13.2 Å². The van der Waals surface area contributed by atoms with Crippen LogP contribution in [0.15, 0.2) is 18.2 Å². The normalized spacial score (nSPS) is 13.2. The second-order valence-electron chi connectivity index (χ2n) is 3.29. The molecule has 0 amide bonds. The Labute approximate surface area is 94.8 Å². The zero-order valence-corrected chi connectivity index (χ0v) is 8.78. The summed E-state index contributed by atoms with van der Waals surface area (Å²) in [5.41, 5.74) is 4.29. The Morgan fingerprint density at radius 2 is 2.06 bits per heavy atom. The number of carbonyl (C=O) groups excluding carboxylic acids is 1. The van der Waals surface area contributed by atoms with Gasteiger partial charge in [-0.05, 0) is 17.7 Å². The number of hydrogen-bond acceptors (Lipinski definition) is 4. The van der Waals surface area contributed by atoms with Crippen molar-refractivity contribution in [1.29, 1.82) is 0 Å². The summed E-state index contributed by atoms with van der Waals surface area (Å²) in [6, 6.07) is 0.610. The van der Waals surface area contributed by atoms with Crippen molar-refractivity contribution in [3.05, 3.63) is 29.3 Å². The minimum Gasteiger partial charge on any atom is -0.507 e. The molecule has 0 radical (unpaired) electrons. The molecule has 4 nitrogen and oxygen atoms in total. The van der Waals surface area contributed by atoms with Crippen LogP contribution in [-0.2, 0) is 4.74 Å². The van der Waals surface area contributed by atoms with Crippen molar-refractivity contribution in [3.8, 4) is 5.75 Å². The van der Waals surface area contributed by atoms with Crippen LogP contribution in [0.1, 0.15) is 22.0 Å². The van der Waals surface area contributed by atoms with E-state index in [9.17, 15) is 23.1 Å². The van der Waals surface area contributed by atoms with Crippen molar-refractivity contribution >= 4 is 5.97 Å². The van der Waals surface area contributed by atoms with Gasteiger partial charge in [0.25, 0.3) is 0 Å². The summed E-state index contributed by atoms with van der Waals surface area (Å²) in [4.78, 5) is 11.2. The lowest BCUT2D eigenvalue weighted by atomic mass is 10.0. The van der Waals surface area contributed by atoms with E-state index < -0.39 is 23.9 Å². The molecule has 0 saturated carbocycles. The summed E-state index contributed by atoms with van der Waals surface area (Å²) in [6.45, 7) is 0. The van der Waals surface area contributed by atoms with Gasteiger partial charge in [0, 0.05) is 0 Å². The molecule has 0 heterocycles. The summed E-state index contributed by atoms with van der Waals surface area (Å²) in [5, 5.41) is 9.30. The van der Waals surface area contributed by atoms with Gasteiger partial charge in [0.1, 0.15) is 17.4 Å². The maximum Gasteiger partial charge on any atom is 0.407 e. The van der Waals surface area contributed by atoms with Gasteiger partial charge >= 0.3 is 12.1 Å². The van der Waals surface area contributed by atoms with Crippen molar-refractivity contribution < 1.29 is 27.8 Å². The number of hydrogen-bond donors (Lipinski definition) is 2. The highest BCUT2D eigenvalue weighted by molar-refractivity contribution is 5.92. The lowest BCUT2D eigenvalue weighted by molar-refractivity contribution is -0.149. The maximum atomic E-state index is 12.3. The van der Waals surface area contributed by atoms with Crippen molar-refractivity contribution in [2.45, 2.75) is 12.2 Å². The van der Waals surface area contributed by atoms with Crippen LogP contribution < -0.4 is 5.73 Å². The van der Waals surface area contributed by atoms with Gasteiger partial charge in [0.05, 0.1) is 7.11 Å². The molecule has 0 fully saturated rings. The van der Waals surface area contributed by atoms with Crippen molar-refractivity contribution in [1.82, 2.24) is 0 Å². The molecule has 0 aromatic heterocycles. The Morgan fingerprint density at radius 1 is 1.47 bits per heavy atom. The first-order valence-electron chi connectivity index (χ1n) is 4.51. The molecule has 1 aromatic carbocycles. The molecule has 7 heteroatoms. The van der Waals surface area contributed by atoms with Crippen molar-refractivity contribution in [2.75, 3.05) is 7.11 Å². The molecular formula is C10H10F3NO3. The first kappa shape index (κ1) is 13.3. The summed E-state index contributed by atoms with van der Waals surface area (Å²) < 4.78 is 41.4. The van der Waals surface area contributed by atoms with Crippen LogP contribution in [0.3, 0.4) is 0 Å². The molecule has 1 unspecified atom stereocenters. The third-order valence-corrected chi connectivity index (χ3v) is 2.14. The van der Waals surface area contributed by atoms with E-state index in [0.717, 1.165) is 25.3 Å². The summed E-state index contributed by atoms with van der Waals surface area (Å²) in [5.74, 6) is -1.39. The highest BCUT2D eigenvalue weighted by atomic mass is 19.4. The van der Waals surface area contributed by atoms with E-state index >= 15 is 0 Å². The lowest BCUT2D eigenvalue weighted by Crippen LogP contribution is -2.28. The number of alkyl halides is 3. The van der Waals surface area contributed by atoms with E-state index in [-0.39, 0.29) is 11.1 Å². The number of benzene rings is 1. The monoisotopic (exact) mass is 249 g/mol. The van der Waals surface area contributed by atoms with Crippen LogP contribution >= 0.6 is 0 Å². The maximum absolute atomic E-state index is 12.3. The topological polar surface area (TPSA) is 72.5 Å². The molecule has 1 rings (SSSR count). The number of halogens is 3. The Balaban J connectivity index is 3.17. The Morgan fingerprint density at radius 3 is 2.53 bits per heavy atom. The minimum atomic E-state index is -4.62. The third kappa shape index (κ3) is 2.88. The predicted octanol–water partition coefficient (Wildman–Crippen LogP) is 1.74. The summed E-state index contributed by atoms with van der Waals surface area (Å²) in [6.07, 6.45) is -4.62. The fourth-order valence-corrected chi connectivity index (χ4v) is 1.21. The molecule has 0 bridgehead atoms. The Bertz CT molecular complexity index is 431. The smallest absolute Gasteiger partial charge is 0.407 e. The summed E-state index contributed by atoms with van der Waals surface area (Å²) in [7, 11) is 1.05. The van der Waals surface area contributed by atoms with E-state index in [1.807, 2.05) is 0 Å². The van der Waals surface area contributed by atoms with Gasteiger partial charge in [-0.1, -0.05) is 6.07 Å². The first-order valence-corrected chi connectivity index (χ1v) is 4.51. The van der Waals surface area contributed by atoms with Crippen LogP contribution in [0, 0.1) is 0 Å². The van der Waals surface area contributed by atoms with Crippen LogP contribution in [0.4, 0.5) is 13.2 Å². The number of aromatic hydroxyl groups is 1. The molecule has 94 valence electrons. The van der Waals surface area contributed by atoms with E-state index in [2.05, 4.69) is 4.74 Å². The standard InChI is InChI=1S/C10H10F3NO3/c1-17-9(16)6-4-5(2-3-7(6)15)8(14)10(11,12)13/h2-4,8,15H,14H2,1H3. The van der Waals surface area contributed by atoms with Crippen LogP contribution in [0.5, 0.6) is 5.75 Å². The minimum absolute atomic E-state index is 0.323. The highest BCUT2D eigenvalue weighted by Gasteiger charge is 2.38. The quantitative estimate of drug-likeness (QED) is 0.783. The largest absolute Gasteiger partial charge is 0.507 e. The zero-order chi connectivity index (χ0) is 13.2. The van der Waals surface area contributed by atoms with E-state index in [1.54, 1.807) is 0 Å². The molecule has 0 aliphatic rings. The number of phenols is 1. The van der Waals surface area contributed by atoms with Gasteiger partial charge in [-0.3, -0.25) is 0 Å². The predicted molar refractivity (Wildman–Crippen MR) is 52.4 cm³/mol. The number of esters is 1. The van der Waals surface area contributed by atoms with E-state index in [1.165, 1.54) is 0 Å². The molecule has 0 saturated heterocycles. The Hall–Kier alpha value is -1.76. The van der Waals surface area contributed by atoms with Crippen LogP contribution in [0.25, 0.3) is 0 Å². The van der Waals surface area contributed by atoms with Crippen molar-refractivity contribution in [2.24, 2.45) is 5.73 Å². The fourth-order valence-electron chi connectivity index (χ4n) is 1.21. The van der Waals surface area contributed by atoms with Crippen molar-refractivity contribution in [3.63, 3.8) is 0 Å². The number of nitrogens with two attached hydrogens (primary N) is 1. The van der Waals surface area contributed by atoms with Gasteiger partial charge in [0.15, 0.2) is 0 Å². The second kappa shape index (κ2) is 4.62. The lowest BCUT2D eigenvalue weighted by Gasteiger charge is -2.16. The molecule has 0 spiro atoms. The van der Waals surface area contributed by atoms with Crippen LogP contribution in [-0.4, -0.2) is 24.4 Å². The number of carbonyl (C=O) groups is 1. The highest BCUT2D eigenvalue weighted by Crippen LogP contribution is 2.32. The molecule has 1 aromatic rings. The zero-order valence-electron chi connectivity index (χ0n) is 8.78. The number of methoxy groups -OCH3 is 1. The van der Waals surface area contributed by atoms with Gasteiger partial charge in [-0.25, -0.2) is 4.79 Å². The molecule has 17 heavy (non-hydrogen) atoms.